The van der Waals surface area contributed by atoms with Crippen LogP contribution in [0.15, 0.2) is 41.1 Å². The smallest absolute Gasteiger partial charge is 0.159 e. The first kappa shape index (κ1) is 14.8. The van der Waals surface area contributed by atoms with Gasteiger partial charge in [-0.25, -0.2) is 9.97 Å². The standard InChI is InChI=1S/C18H19N5O/c1-12-8-16(22-24-12)10-23-7-6-14-9-20-18(21-17(14)11-23)13-2-4-15(19)5-3-13/h2-5,8-9H,6-7,10-11,19H2,1H3. The Morgan fingerprint density at radius 3 is 2.83 bits per heavy atom. The number of aryl methyl sites for hydroxylation is 1. The van der Waals surface area contributed by atoms with Crippen LogP contribution in [-0.2, 0) is 19.5 Å². The van der Waals surface area contributed by atoms with E-state index in [1.54, 1.807) is 0 Å². The molecule has 0 bridgehead atoms. The number of hydrogen-bond acceptors (Lipinski definition) is 6. The highest BCUT2D eigenvalue weighted by Gasteiger charge is 2.20. The van der Waals surface area contributed by atoms with Gasteiger partial charge >= 0.3 is 0 Å². The van der Waals surface area contributed by atoms with Gasteiger partial charge in [0.25, 0.3) is 0 Å². The normalized spacial score (nSPS) is 14.5. The average Bonchev–Trinajstić information content (AvgIpc) is 3.00. The van der Waals surface area contributed by atoms with Crippen LogP contribution in [0.2, 0.25) is 0 Å². The molecule has 1 aromatic carbocycles. The van der Waals surface area contributed by atoms with Gasteiger partial charge in [-0.2, -0.15) is 0 Å². The van der Waals surface area contributed by atoms with E-state index in [2.05, 4.69) is 15.0 Å². The Labute approximate surface area is 140 Å². The number of benzene rings is 1. The summed E-state index contributed by atoms with van der Waals surface area (Å²) in [5.74, 6) is 1.59. The third kappa shape index (κ3) is 3.00. The van der Waals surface area contributed by atoms with Gasteiger partial charge in [-0.3, -0.25) is 4.90 Å². The lowest BCUT2D eigenvalue weighted by atomic mass is 10.1. The van der Waals surface area contributed by atoms with E-state index in [0.717, 1.165) is 60.3 Å². The van der Waals surface area contributed by atoms with Crippen molar-refractivity contribution in [2.45, 2.75) is 26.4 Å². The van der Waals surface area contributed by atoms with E-state index in [1.165, 1.54) is 5.56 Å². The maximum atomic E-state index is 5.75. The van der Waals surface area contributed by atoms with Crippen LogP contribution in [-0.4, -0.2) is 26.6 Å². The Morgan fingerprint density at radius 1 is 1.25 bits per heavy atom. The second kappa shape index (κ2) is 6.05. The summed E-state index contributed by atoms with van der Waals surface area (Å²) in [7, 11) is 0. The Morgan fingerprint density at radius 2 is 2.08 bits per heavy atom. The zero-order valence-electron chi connectivity index (χ0n) is 13.6. The molecular weight excluding hydrogens is 302 g/mol. The Kier molecular flexibility index (Phi) is 3.74. The molecule has 0 saturated heterocycles. The highest BCUT2D eigenvalue weighted by Crippen LogP contribution is 2.22. The molecule has 0 amide bonds. The van der Waals surface area contributed by atoms with Crippen LogP contribution in [0.4, 0.5) is 5.69 Å². The fourth-order valence-corrected chi connectivity index (χ4v) is 2.99. The summed E-state index contributed by atoms with van der Waals surface area (Å²) in [6.45, 7) is 4.46. The fourth-order valence-electron chi connectivity index (χ4n) is 2.99. The second-order valence-corrected chi connectivity index (χ2v) is 6.18. The molecule has 2 aromatic heterocycles. The van der Waals surface area contributed by atoms with E-state index >= 15 is 0 Å². The fraction of sp³-hybridized carbons (Fsp3) is 0.278. The molecule has 4 rings (SSSR count). The lowest BCUT2D eigenvalue weighted by molar-refractivity contribution is 0.233. The molecule has 1 aliphatic heterocycles. The average molecular weight is 321 g/mol. The number of fused-ring (bicyclic) bond motifs is 1. The summed E-state index contributed by atoms with van der Waals surface area (Å²) in [6, 6.07) is 9.63. The highest BCUT2D eigenvalue weighted by atomic mass is 16.5. The van der Waals surface area contributed by atoms with Gasteiger partial charge < -0.3 is 10.3 Å². The van der Waals surface area contributed by atoms with Gasteiger partial charge in [-0.1, -0.05) is 5.16 Å². The molecule has 6 heteroatoms. The van der Waals surface area contributed by atoms with Crippen LogP contribution in [0.3, 0.4) is 0 Å². The molecule has 24 heavy (non-hydrogen) atoms. The van der Waals surface area contributed by atoms with Gasteiger partial charge in [-0.15, -0.1) is 0 Å². The van der Waals surface area contributed by atoms with E-state index < -0.39 is 0 Å². The minimum Gasteiger partial charge on any atom is -0.399 e. The van der Waals surface area contributed by atoms with Crippen LogP contribution < -0.4 is 5.73 Å². The first-order valence-corrected chi connectivity index (χ1v) is 8.02. The maximum absolute atomic E-state index is 5.75. The molecule has 0 radical (unpaired) electrons. The van der Waals surface area contributed by atoms with Crippen LogP contribution >= 0.6 is 0 Å². The lowest BCUT2D eigenvalue weighted by Gasteiger charge is -2.27. The van der Waals surface area contributed by atoms with E-state index in [4.69, 9.17) is 15.2 Å². The number of rotatable bonds is 3. The predicted octanol–water partition coefficient (Wildman–Crippen LogP) is 2.58. The van der Waals surface area contributed by atoms with Crippen molar-refractivity contribution in [3.05, 3.63) is 59.2 Å². The first-order chi connectivity index (χ1) is 11.7. The molecule has 122 valence electrons. The van der Waals surface area contributed by atoms with Crippen molar-refractivity contribution in [3.8, 4) is 11.4 Å². The summed E-state index contributed by atoms with van der Waals surface area (Å²) in [4.78, 5) is 11.6. The zero-order valence-corrected chi connectivity index (χ0v) is 13.6. The molecule has 0 saturated carbocycles. The summed E-state index contributed by atoms with van der Waals surface area (Å²) in [5, 5.41) is 4.08. The summed E-state index contributed by atoms with van der Waals surface area (Å²) in [6.07, 6.45) is 2.90. The SMILES string of the molecule is Cc1cc(CN2CCc3cnc(-c4ccc(N)cc4)nc3C2)no1. The van der Waals surface area contributed by atoms with E-state index in [-0.39, 0.29) is 0 Å². The van der Waals surface area contributed by atoms with Crippen molar-refractivity contribution in [2.75, 3.05) is 12.3 Å². The van der Waals surface area contributed by atoms with Gasteiger partial charge in [0.2, 0.25) is 0 Å². The number of nitrogens with zero attached hydrogens (tertiary/aromatic N) is 4. The van der Waals surface area contributed by atoms with Gasteiger partial charge in [0.1, 0.15) is 5.76 Å². The molecule has 0 unspecified atom stereocenters. The molecule has 6 nitrogen and oxygen atoms in total. The molecule has 0 fully saturated rings. The number of nitrogen functional groups attached to an aromatic ring is 1. The van der Waals surface area contributed by atoms with Crippen molar-refractivity contribution in [2.24, 2.45) is 0 Å². The summed E-state index contributed by atoms with van der Waals surface area (Å²) in [5.41, 5.74) is 10.7. The van der Waals surface area contributed by atoms with Crippen LogP contribution in [0.25, 0.3) is 11.4 Å². The van der Waals surface area contributed by atoms with Gasteiger partial charge in [-0.05, 0) is 43.2 Å². The lowest BCUT2D eigenvalue weighted by Crippen LogP contribution is -2.31. The van der Waals surface area contributed by atoms with E-state index in [9.17, 15) is 0 Å². The summed E-state index contributed by atoms with van der Waals surface area (Å²) >= 11 is 0. The van der Waals surface area contributed by atoms with Crippen molar-refractivity contribution in [1.29, 1.82) is 0 Å². The second-order valence-electron chi connectivity index (χ2n) is 6.18. The topological polar surface area (TPSA) is 81.1 Å². The molecule has 0 aliphatic carbocycles. The first-order valence-electron chi connectivity index (χ1n) is 8.02. The van der Waals surface area contributed by atoms with Crippen molar-refractivity contribution in [1.82, 2.24) is 20.0 Å². The number of nitrogens with two attached hydrogens (primary N) is 1. The molecule has 3 aromatic rings. The third-order valence-electron chi connectivity index (χ3n) is 4.26. The predicted molar refractivity (Wildman–Crippen MR) is 90.9 cm³/mol. The Hall–Kier alpha value is -2.73. The number of anilines is 1. The van der Waals surface area contributed by atoms with Crippen LogP contribution in [0.1, 0.15) is 22.7 Å². The summed E-state index contributed by atoms with van der Waals surface area (Å²) < 4.78 is 5.15. The third-order valence-corrected chi connectivity index (χ3v) is 4.26. The monoisotopic (exact) mass is 321 g/mol. The van der Waals surface area contributed by atoms with Gasteiger partial charge in [0, 0.05) is 43.1 Å². The Balaban J connectivity index is 1.55. The van der Waals surface area contributed by atoms with Gasteiger partial charge in [0.15, 0.2) is 5.82 Å². The van der Waals surface area contributed by atoms with Crippen molar-refractivity contribution in [3.63, 3.8) is 0 Å². The molecular formula is C18H19N5O. The van der Waals surface area contributed by atoms with Crippen molar-refractivity contribution >= 4 is 5.69 Å². The number of hydrogen-bond donors (Lipinski definition) is 1. The largest absolute Gasteiger partial charge is 0.399 e. The minimum atomic E-state index is 0.741. The van der Waals surface area contributed by atoms with Crippen LogP contribution in [0.5, 0.6) is 0 Å². The van der Waals surface area contributed by atoms with E-state index in [0.29, 0.717) is 0 Å². The molecule has 3 heterocycles. The molecule has 1 aliphatic rings. The quantitative estimate of drug-likeness (QED) is 0.747. The maximum Gasteiger partial charge on any atom is 0.159 e. The van der Waals surface area contributed by atoms with Gasteiger partial charge in [0.05, 0.1) is 11.4 Å². The van der Waals surface area contributed by atoms with Crippen molar-refractivity contribution < 1.29 is 4.52 Å². The molecule has 0 spiro atoms. The van der Waals surface area contributed by atoms with Crippen LogP contribution in [0, 0.1) is 6.92 Å². The Bertz CT molecular complexity index is 856. The molecule has 0 atom stereocenters. The highest BCUT2D eigenvalue weighted by molar-refractivity contribution is 5.58. The molecule has 2 N–H and O–H groups in total. The number of aromatic nitrogens is 3. The van der Waals surface area contributed by atoms with E-state index in [1.807, 2.05) is 43.5 Å². The zero-order chi connectivity index (χ0) is 16.5. The minimum absolute atomic E-state index is 0.741.